The average molecular weight is 512 g/mol. The molecule has 5 aliphatic rings. The van der Waals surface area contributed by atoms with Crippen molar-refractivity contribution in [3.8, 4) is 0 Å². The van der Waals surface area contributed by atoms with Crippen LogP contribution >= 0.6 is 0 Å². The molecule has 202 valence electrons. The number of nitrogens with two attached hydrogens (primary N) is 1. The van der Waals surface area contributed by atoms with Crippen molar-refractivity contribution in [2.24, 2.45) is 11.7 Å². The summed E-state index contributed by atoms with van der Waals surface area (Å²) in [7, 11) is 1.87. The van der Waals surface area contributed by atoms with E-state index < -0.39 is 12.4 Å². The van der Waals surface area contributed by atoms with Crippen LogP contribution in [0.15, 0.2) is 18.2 Å². The van der Waals surface area contributed by atoms with Crippen LogP contribution in [0.4, 0.5) is 17.1 Å². The third-order valence-electron chi connectivity index (χ3n) is 9.24. The Labute approximate surface area is 219 Å². The molecule has 2 atom stereocenters. The SMILES string of the molecule is CN1c2c(N3CC(CN4CCN(C5CCC(N)CC5)CC4)C3)cccc2N(C2CCC(=O)NC2=O)C1O. The van der Waals surface area contributed by atoms with Crippen molar-refractivity contribution in [1.29, 1.82) is 0 Å². The van der Waals surface area contributed by atoms with Crippen molar-refractivity contribution in [3.63, 3.8) is 0 Å². The second kappa shape index (κ2) is 10.1. The topological polar surface area (TPSA) is 109 Å². The highest BCUT2D eigenvalue weighted by atomic mass is 16.3. The van der Waals surface area contributed by atoms with Gasteiger partial charge in [0.15, 0.2) is 0 Å². The summed E-state index contributed by atoms with van der Waals surface area (Å²) in [5.41, 5.74) is 9.01. The van der Waals surface area contributed by atoms with Gasteiger partial charge in [-0.15, -0.1) is 0 Å². The summed E-state index contributed by atoms with van der Waals surface area (Å²) in [6.07, 6.45) is 4.61. The van der Waals surface area contributed by atoms with E-state index >= 15 is 0 Å². The van der Waals surface area contributed by atoms with Gasteiger partial charge in [-0.2, -0.15) is 0 Å². The van der Waals surface area contributed by atoms with Gasteiger partial charge in [0.25, 0.3) is 0 Å². The average Bonchev–Trinajstić information content (AvgIpc) is 3.12. The lowest BCUT2D eigenvalue weighted by molar-refractivity contribution is -0.134. The van der Waals surface area contributed by atoms with E-state index in [1.54, 1.807) is 4.90 Å². The van der Waals surface area contributed by atoms with Crippen molar-refractivity contribution in [2.75, 3.05) is 67.6 Å². The summed E-state index contributed by atoms with van der Waals surface area (Å²) in [6, 6.07) is 6.66. The molecule has 1 saturated carbocycles. The van der Waals surface area contributed by atoms with Crippen molar-refractivity contribution in [3.05, 3.63) is 18.2 Å². The minimum atomic E-state index is -0.937. The summed E-state index contributed by atoms with van der Waals surface area (Å²) in [5.74, 6) is 0.0557. The van der Waals surface area contributed by atoms with Crippen LogP contribution in [-0.2, 0) is 9.59 Å². The number of amides is 2. The van der Waals surface area contributed by atoms with E-state index in [9.17, 15) is 14.7 Å². The summed E-state index contributed by atoms with van der Waals surface area (Å²) in [4.78, 5) is 35.5. The maximum atomic E-state index is 12.6. The molecule has 4 fully saturated rings. The molecule has 1 aliphatic carbocycles. The first-order chi connectivity index (χ1) is 17.9. The third-order valence-corrected chi connectivity index (χ3v) is 9.24. The van der Waals surface area contributed by atoms with Crippen LogP contribution in [-0.4, -0.2) is 104 Å². The lowest BCUT2D eigenvalue weighted by atomic mass is 9.90. The minimum absolute atomic E-state index is 0.246. The number of piperazine rings is 1. The Hall–Kier alpha value is -2.40. The van der Waals surface area contributed by atoms with E-state index in [0.29, 0.717) is 18.4 Å². The summed E-state index contributed by atoms with van der Waals surface area (Å²) >= 11 is 0. The minimum Gasteiger partial charge on any atom is -0.369 e. The van der Waals surface area contributed by atoms with Gasteiger partial charge in [-0.3, -0.25) is 19.8 Å². The summed E-state index contributed by atoms with van der Waals surface area (Å²) in [6.45, 7) is 7.77. The number of piperidine rings is 1. The maximum absolute atomic E-state index is 12.6. The highest BCUT2D eigenvalue weighted by Crippen LogP contribution is 2.47. The first-order valence-corrected chi connectivity index (χ1v) is 14.0. The molecule has 2 unspecified atom stereocenters. The number of benzene rings is 1. The number of imide groups is 1. The normalized spacial score (nSPS) is 31.9. The van der Waals surface area contributed by atoms with Crippen LogP contribution in [0.25, 0.3) is 0 Å². The Bertz CT molecular complexity index is 1020. The van der Waals surface area contributed by atoms with Crippen molar-refractivity contribution in [1.82, 2.24) is 15.1 Å². The van der Waals surface area contributed by atoms with Gasteiger partial charge >= 0.3 is 0 Å². The number of nitrogens with zero attached hydrogens (tertiary/aromatic N) is 5. The summed E-state index contributed by atoms with van der Waals surface area (Å²) in [5, 5.41) is 13.5. The lowest BCUT2D eigenvalue weighted by Gasteiger charge is -2.46. The number of anilines is 3. The van der Waals surface area contributed by atoms with E-state index in [-0.39, 0.29) is 18.2 Å². The highest BCUT2D eigenvalue weighted by Gasteiger charge is 2.44. The van der Waals surface area contributed by atoms with Crippen molar-refractivity contribution >= 4 is 28.9 Å². The summed E-state index contributed by atoms with van der Waals surface area (Å²) < 4.78 is 0. The molecule has 1 aromatic rings. The molecule has 10 nitrogen and oxygen atoms in total. The fourth-order valence-corrected chi connectivity index (χ4v) is 7.07. The number of nitrogens with one attached hydrogen (secondary N) is 1. The zero-order valence-electron chi connectivity index (χ0n) is 21.9. The number of carbonyl (C=O) groups is 2. The van der Waals surface area contributed by atoms with Crippen LogP contribution in [0.3, 0.4) is 0 Å². The van der Waals surface area contributed by atoms with Gasteiger partial charge in [-0.1, -0.05) is 6.07 Å². The van der Waals surface area contributed by atoms with Crippen LogP contribution < -0.4 is 25.8 Å². The van der Waals surface area contributed by atoms with Crippen LogP contribution in [0, 0.1) is 5.92 Å². The van der Waals surface area contributed by atoms with Gasteiger partial charge in [0.05, 0.1) is 17.1 Å². The fraction of sp³-hybridized carbons (Fsp3) is 0.704. The van der Waals surface area contributed by atoms with E-state index in [2.05, 4.69) is 26.1 Å². The zero-order chi connectivity index (χ0) is 25.7. The Morgan fingerprint density at radius 3 is 2.41 bits per heavy atom. The quantitative estimate of drug-likeness (QED) is 0.483. The van der Waals surface area contributed by atoms with Crippen LogP contribution in [0.1, 0.15) is 38.5 Å². The van der Waals surface area contributed by atoms with Gasteiger partial charge < -0.3 is 30.4 Å². The lowest BCUT2D eigenvalue weighted by Crippen LogP contribution is -2.57. The Balaban J connectivity index is 1.05. The van der Waals surface area contributed by atoms with Crippen LogP contribution in [0.2, 0.25) is 0 Å². The molecule has 10 heteroatoms. The first kappa shape index (κ1) is 24.9. The molecule has 0 aromatic heterocycles. The molecule has 4 N–H and O–H groups in total. The van der Waals surface area contributed by atoms with Crippen molar-refractivity contribution in [2.45, 2.75) is 63.0 Å². The molecular formula is C27H41N7O3. The predicted octanol–water partition coefficient (Wildman–Crippen LogP) is 0.348. The van der Waals surface area contributed by atoms with E-state index in [1.807, 2.05) is 24.1 Å². The molecule has 4 heterocycles. The smallest absolute Gasteiger partial charge is 0.249 e. The van der Waals surface area contributed by atoms with E-state index in [4.69, 9.17) is 5.73 Å². The molecule has 1 aromatic carbocycles. The number of aliphatic hydroxyl groups is 1. The van der Waals surface area contributed by atoms with Gasteiger partial charge in [0.2, 0.25) is 18.2 Å². The van der Waals surface area contributed by atoms with Gasteiger partial charge in [0.1, 0.15) is 6.04 Å². The second-order valence-corrected chi connectivity index (χ2v) is 11.7. The standard InChI is InChI=1S/C27H41N7O3/c1-30-25-21(3-2-4-22(25)34(27(30)37)23-9-10-24(35)29-26(23)36)33-16-18(17-33)15-31-11-13-32(14-12-31)20-7-5-19(28)6-8-20/h2-4,18-20,23,27,37H,5-17,28H2,1H3,(H,29,35,36). The van der Waals surface area contributed by atoms with Gasteiger partial charge in [-0.05, 0) is 44.2 Å². The van der Waals surface area contributed by atoms with E-state index in [0.717, 1.165) is 55.8 Å². The number of para-hydroxylation sites is 1. The number of fused-ring (bicyclic) bond motifs is 1. The zero-order valence-corrected chi connectivity index (χ0v) is 21.9. The first-order valence-electron chi connectivity index (χ1n) is 14.0. The number of hydrogen-bond acceptors (Lipinski definition) is 9. The number of rotatable bonds is 5. The molecule has 3 saturated heterocycles. The number of hydrogen-bond donors (Lipinski definition) is 3. The van der Waals surface area contributed by atoms with Crippen molar-refractivity contribution < 1.29 is 14.7 Å². The monoisotopic (exact) mass is 511 g/mol. The molecule has 2 amide bonds. The number of aliphatic hydroxyl groups excluding tert-OH is 1. The third kappa shape index (κ3) is 4.69. The predicted molar refractivity (Wildman–Crippen MR) is 143 cm³/mol. The largest absolute Gasteiger partial charge is 0.369 e. The Morgan fingerprint density at radius 1 is 1.00 bits per heavy atom. The van der Waals surface area contributed by atoms with Crippen LogP contribution in [0.5, 0.6) is 0 Å². The maximum Gasteiger partial charge on any atom is 0.249 e. The molecular weight excluding hydrogens is 470 g/mol. The fourth-order valence-electron chi connectivity index (χ4n) is 7.07. The highest BCUT2D eigenvalue weighted by molar-refractivity contribution is 6.03. The molecule has 37 heavy (non-hydrogen) atoms. The van der Waals surface area contributed by atoms with Gasteiger partial charge in [0, 0.05) is 77.3 Å². The Morgan fingerprint density at radius 2 is 1.70 bits per heavy atom. The van der Waals surface area contributed by atoms with Gasteiger partial charge in [-0.25, -0.2) is 0 Å². The Kier molecular flexibility index (Phi) is 6.77. The number of carbonyl (C=O) groups excluding carboxylic acids is 2. The molecule has 0 spiro atoms. The molecule has 0 radical (unpaired) electrons. The second-order valence-electron chi connectivity index (χ2n) is 11.7. The molecule has 6 rings (SSSR count). The molecule has 0 bridgehead atoms. The van der Waals surface area contributed by atoms with E-state index in [1.165, 1.54) is 38.8 Å². The molecule has 4 aliphatic heterocycles.